The molecule has 5 nitrogen and oxygen atoms in total. The fourth-order valence-corrected chi connectivity index (χ4v) is 1.89. The second-order valence-electron chi connectivity index (χ2n) is 4.50. The molecule has 0 aromatic carbocycles. The highest BCUT2D eigenvalue weighted by molar-refractivity contribution is 14.0. The standard InChI is InChI=1S/C15H18ClN5.HI/c16-14-5-4-12(11-21-14)6-9-19-15(17)20-10-7-13-3-1-2-8-18-13;/h1-5,8,11H,6-7,9-10H2,(H3,17,19,20);1H. The van der Waals surface area contributed by atoms with E-state index in [0.29, 0.717) is 24.2 Å². The molecule has 0 aliphatic rings. The Bertz CT molecular complexity index is 574. The summed E-state index contributed by atoms with van der Waals surface area (Å²) in [6, 6.07) is 9.57. The second kappa shape index (κ2) is 10.3. The van der Waals surface area contributed by atoms with E-state index in [-0.39, 0.29) is 24.0 Å². The largest absolute Gasteiger partial charge is 0.370 e. The fraction of sp³-hybridized carbons (Fsp3) is 0.267. The van der Waals surface area contributed by atoms with E-state index in [1.807, 2.05) is 24.3 Å². The number of hydrogen-bond donors (Lipinski definition) is 2. The lowest BCUT2D eigenvalue weighted by atomic mass is 10.2. The van der Waals surface area contributed by atoms with Crippen LogP contribution in [-0.2, 0) is 12.8 Å². The number of nitrogens with two attached hydrogens (primary N) is 1. The van der Waals surface area contributed by atoms with Crippen molar-refractivity contribution in [1.82, 2.24) is 15.3 Å². The van der Waals surface area contributed by atoms with Crippen molar-refractivity contribution >= 4 is 41.5 Å². The molecular weight excluding hydrogens is 413 g/mol. The number of aliphatic imine (C=N–C) groups is 1. The molecule has 2 rings (SSSR count). The van der Waals surface area contributed by atoms with Crippen LogP contribution in [0, 0.1) is 0 Å². The molecule has 3 N–H and O–H groups in total. The first-order valence-corrected chi connectivity index (χ1v) is 7.16. The zero-order valence-corrected chi connectivity index (χ0v) is 15.2. The summed E-state index contributed by atoms with van der Waals surface area (Å²) in [6.45, 7) is 1.33. The molecule has 7 heteroatoms. The molecule has 2 heterocycles. The van der Waals surface area contributed by atoms with E-state index in [1.54, 1.807) is 18.5 Å². The van der Waals surface area contributed by atoms with Gasteiger partial charge in [0.2, 0.25) is 0 Å². The van der Waals surface area contributed by atoms with E-state index in [0.717, 1.165) is 24.1 Å². The van der Waals surface area contributed by atoms with Crippen LogP contribution in [0.4, 0.5) is 0 Å². The molecule has 0 amide bonds. The van der Waals surface area contributed by atoms with E-state index < -0.39 is 0 Å². The Labute approximate surface area is 152 Å². The van der Waals surface area contributed by atoms with Crippen molar-refractivity contribution in [2.45, 2.75) is 12.8 Å². The number of nitrogens with zero attached hydrogens (tertiary/aromatic N) is 3. The predicted octanol–water partition coefficient (Wildman–Crippen LogP) is 2.44. The summed E-state index contributed by atoms with van der Waals surface area (Å²) in [5.41, 5.74) is 7.93. The van der Waals surface area contributed by atoms with E-state index in [2.05, 4.69) is 20.3 Å². The highest BCUT2D eigenvalue weighted by Crippen LogP contribution is 2.05. The van der Waals surface area contributed by atoms with E-state index in [4.69, 9.17) is 17.3 Å². The summed E-state index contributed by atoms with van der Waals surface area (Å²) in [7, 11) is 0. The summed E-state index contributed by atoms with van der Waals surface area (Å²) < 4.78 is 0. The average molecular weight is 432 g/mol. The van der Waals surface area contributed by atoms with Crippen LogP contribution in [0.2, 0.25) is 5.15 Å². The van der Waals surface area contributed by atoms with Crippen LogP contribution in [0.25, 0.3) is 0 Å². The van der Waals surface area contributed by atoms with Gasteiger partial charge in [-0.05, 0) is 30.2 Å². The van der Waals surface area contributed by atoms with Gasteiger partial charge in [-0.3, -0.25) is 9.98 Å². The van der Waals surface area contributed by atoms with E-state index in [1.165, 1.54) is 0 Å². The maximum Gasteiger partial charge on any atom is 0.188 e. The first kappa shape index (κ1) is 18.6. The van der Waals surface area contributed by atoms with Crippen molar-refractivity contribution in [1.29, 1.82) is 0 Å². The van der Waals surface area contributed by atoms with Crippen LogP contribution < -0.4 is 11.1 Å². The lowest BCUT2D eigenvalue weighted by molar-refractivity contribution is 0.837. The average Bonchev–Trinajstić information content (AvgIpc) is 2.50. The smallest absolute Gasteiger partial charge is 0.188 e. The van der Waals surface area contributed by atoms with Gasteiger partial charge in [0.15, 0.2) is 5.96 Å². The summed E-state index contributed by atoms with van der Waals surface area (Å²) in [5, 5.41) is 3.58. The summed E-state index contributed by atoms with van der Waals surface area (Å²) in [5.74, 6) is 0.452. The van der Waals surface area contributed by atoms with E-state index >= 15 is 0 Å². The van der Waals surface area contributed by atoms with Gasteiger partial charge in [0.1, 0.15) is 5.15 Å². The SMILES string of the molecule is I.NC(=NCCc1ccccn1)NCCc1ccc(Cl)nc1. The molecule has 0 aliphatic carbocycles. The summed E-state index contributed by atoms with van der Waals surface area (Å²) in [6.07, 6.45) is 5.14. The summed E-state index contributed by atoms with van der Waals surface area (Å²) >= 11 is 5.73. The van der Waals surface area contributed by atoms with Crippen LogP contribution in [-0.4, -0.2) is 29.0 Å². The Kier molecular flexibility index (Phi) is 8.76. The van der Waals surface area contributed by atoms with Gasteiger partial charge >= 0.3 is 0 Å². The number of guanidine groups is 1. The highest BCUT2D eigenvalue weighted by atomic mass is 127. The van der Waals surface area contributed by atoms with Crippen molar-refractivity contribution in [3.05, 3.63) is 59.1 Å². The number of hydrogen-bond acceptors (Lipinski definition) is 3. The van der Waals surface area contributed by atoms with Gasteiger partial charge in [0.25, 0.3) is 0 Å². The van der Waals surface area contributed by atoms with Crippen LogP contribution in [0.15, 0.2) is 47.7 Å². The molecule has 2 aromatic rings. The Morgan fingerprint density at radius 3 is 2.73 bits per heavy atom. The minimum absolute atomic E-state index is 0. The molecule has 0 saturated heterocycles. The second-order valence-corrected chi connectivity index (χ2v) is 4.89. The quantitative estimate of drug-likeness (QED) is 0.319. The van der Waals surface area contributed by atoms with Crippen LogP contribution >= 0.6 is 35.6 Å². The van der Waals surface area contributed by atoms with Gasteiger partial charge in [-0.15, -0.1) is 24.0 Å². The Balaban J connectivity index is 0.00000242. The maximum atomic E-state index is 5.81. The van der Waals surface area contributed by atoms with Crippen molar-refractivity contribution in [2.75, 3.05) is 13.1 Å². The third-order valence-electron chi connectivity index (χ3n) is 2.88. The minimum Gasteiger partial charge on any atom is -0.370 e. The van der Waals surface area contributed by atoms with Gasteiger partial charge in [0, 0.05) is 37.6 Å². The number of nitrogens with one attached hydrogen (secondary N) is 1. The zero-order valence-electron chi connectivity index (χ0n) is 12.1. The van der Waals surface area contributed by atoms with Gasteiger partial charge < -0.3 is 11.1 Å². The number of rotatable bonds is 6. The Hall–Kier alpha value is -1.41. The van der Waals surface area contributed by atoms with E-state index in [9.17, 15) is 0 Å². The molecular formula is C15H19ClIN5. The Morgan fingerprint density at radius 1 is 1.18 bits per heavy atom. The highest BCUT2D eigenvalue weighted by Gasteiger charge is 1.96. The fourth-order valence-electron chi connectivity index (χ4n) is 1.78. The predicted molar refractivity (Wildman–Crippen MR) is 101 cm³/mol. The third-order valence-corrected chi connectivity index (χ3v) is 3.11. The number of aromatic nitrogens is 2. The van der Waals surface area contributed by atoms with Crippen molar-refractivity contribution in [3.8, 4) is 0 Å². The van der Waals surface area contributed by atoms with Gasteiger partial charge in [-0.1, -0.05) is 23.7 Å². The van der Waals surface area contributed by atoms with Crippen LogP contribution in [0.3, 0.4) is 0 Å². The molecule has 22 heavy (non-hydrogen) atoms. The lowest BCUT2D eigenvalue weighted by Gasteiger charge is -2.05. The molecule has 118 valence electrons. The molecule has 2 aromatic heterocycles. The molecule has 0 aliphatic heterocycles. The zero-order chi connectivity index (χ0) is 14.9. The molecule has 0 atom stereocenters. The van der Waals surface area contributed by atoms with Crippen LogP contribution in [0.5, 0.6) is 0 Å². The monoisotopic (exact) mass is 431 g/mol. The first-order chi connectivity index (χ1) is 10.2. The molecule has 0 unspecified atom stereocenters. The normalized spacial score (nSPS) is 10.9. The molecule has 0 bridgehead atoms. The van der Waals surface area contributed by atoms with Crippen molar-refractivity contribution in [3.63, 3.8) is 0 Å². The Morgan fingerprint density at radius 2 is 2.05 bits per heavy atom. The molecule has 0 fully saturated rings. The molecule has 0 radical (unpaired) electrons. The first-order valence-electron chi connectivity index (χ1n) is 6.78. The molecule has 0 saturated carbocycles. The van der Waals surface area contributed by atoms with Gasteiger partial charge in [0.05, 0.1) is 0 Å². The third kappa shape index (κ3) is 7.04. The van der Waals surface area contributed by atoms with Crippen LogP contribution in [0.1, 0.15) is 11.3 Å². The maximum absolute atomic E-state index is 5.81. The number of pyridine rings is 2. The van der Waals surface area contributed by atoms with Gasteiger partial charge in [-0.25, -0.2) is 4.98 Å². The van der Waals surface area contributed by atoms with Gasteiger partial charge in [-0.2, -0.15) is 0 Å². The summed E-state index contributed by atoms with van der Waals surface area (Å²) in [4.78, 5) is 12.5. The number of halogens is 2. The minimum atomic E-state index is 0. The topological polar surface area (TPSA) is 76.2 Å². The van der Waals surface area contributed by atoms with Crippen molar-refractivity contribution < 1.29 is 0 Å². The van der Waals surface area contributed by atoms with Crippen molar-refractivity contribution in [2.24, 2.45) is 10.7 Å². The lowest BCUT2D eigenvalue weighted by Crippen LogP contribution is -2.33. The molecule has 0 spiro atoms.